The minimum atomic E-state index is -0.00201. The first-order valence-corrected chi connectivity index (χ1v) is 7.40. The summed E-state index contributed by atoms with van der Waals surface area (Å²) in [6.45, 7) is 0. The molecule has 0 aliphatic heterocycles. The highest BCUT2D eigenvalue weighted by Crippen LogP contribution is 2.14. The number of amides is 1. The van der Waals surface area contributed by atoms with Crippen LogP contribution in [0, 0.1) is 4.77 Å². The van der Waals surface area contributed by atoms with Crippen molar-refractivity contribution in [3.63, 3.8) is 0 Å². The van der Waals surface area contributed by atoms with Crippen LogP contribution in [0.4, 0.5) is 5.69 Å². The van der Waals surface area contributed by atoms with E-state index in [0.29, 0.717) is 11.2 Å². The lowest BCUT2D eigenvalue weighted by Crippen LogP contribution is -2.12. The van der Waals surface area contributed by atoms with Gasteiger partial charge in [0.1, 0.15) is 0 Å². The maximum Gasteiger partial charge on any atom is 0.242 e. The van der Waals surface area contributed by atoms with Gasteiger partial charge in [0.15, 0.2) is 0 Å². The highest BCUT2D eigenvalue weighted by molar-refractivity contribution is 7.98. The Morgan fingerprint density at radius 1 is 1.58 bits per heavy atom. The second-order valence-electron chi connectivity index (χ2n) is 3.76. The monoisotopic (exact) mass is 295 g/mol. The van der Waals surface area contributed by atoms with E-state index in [4.69, 9.17) is 12.2 Å². The summed E-state index contributed by atoms with van der Waals surface area (Å²) in [5, 5.41) is 12.8. The molecule has 6 nitrogen and oxygen atoms in total. The van der Waals surface area contributed by atoms with Crippen LogP contribution >= 0.6 is 24.0 Å². The molecule has 0 saturated carbocycles. The van der Waals surface area contributed by atoms with E-state index in [-0.39, 0.29) is 5.91 Å². The van der Waals surface area contributed by atoms with Gasteiger partial charge in [-0.1, -0.05) is 16.4 Å². The van der Waals surface area contributed by atoms with Crippen molar-refractivity contribution in [1.29, 1.82) is 0 Å². The lowest BCUT2D eigenvalue weighted by atomic mass is 10.2. The van der Waals surface area contributed by atoms with Crippen LogP contribution in [0.3, 0.4) is 0 Å². The fourth-order valence-electron chi connectivity index (χ4n) is 1.51. The smallest absolute Gasteiger partial charge is 0.242 e. The molecule has 19 heavy (non-hydrogen) atoms. The minimum absolute atomic E-state index is 0.00201. The number of hydrogen-bond acceptors (Lipinski definition) is 5. The number of rotatable bonds is 5. The Morgan fingerprint density at radius 2 is 2.42 bits per heavy atom. The summed E-state index contributed by atoms with van der Waals surface area (Å²) < 4.78 is 1.90. The molecule has 0 unspecified atom stereocenters. The van der Waals surface area contributed by atoms with Crippen molar-refractivity contribution in [2.24, 2.45) is 0 Å². The Balaban J connectivity index is 2.14. The standard InChI is InChI=1S/C11H13N5OS2/c1-19-6-5-10(17)12-8-3-2-4-9(7-8)16-11(18)13-14-15-16/h2-4,7H,5-6H2,1H3,(H,12,17)(H,13,15,18). The fraction of sp³-hybridized carbons (Fsp3) is 0.273. The molecule has 1 amide bonds. The Labute approximate surface area is 119 Å². The van der Waals surface area contributed by atoms with E-state index in [0.717, 1.165) is 17.1 Å². The molecule has 0 atom stereocenters. The van der Waals surface area contributed by atoms with E-state index in [1.807, 2.05) is 30.5 Å². The van der Waals surface area contributed by atoms with E-state index in [2.05, 4.69) is 20.8 Å². The van der Waals surface area contributed by atoms with E-state index < -0.39 is 0 Å². The predicted octanol–water partition coefficient (Wildman–Crippen LogP) is 2.02. The number of H-pyrrole nitrogens is 1. The van der Waals surface area contributed by atoms with Gasteiger partial charge in [-0.05, 0) is 36.7 Å². The normalized spacial score (nSPS) is 10.4. The van der Waals surface area contributed by atoms with Crippen LogP contribution in [0.5, 0.6) is 0 Å². The number of aromatic nitrogens is 4. The molecule has 0 aliphatic carbocycles. The number of carbonyl (C=O) groups excluding carboxylic acids is 1. The molecule has 100 valence electrons. The number of thioether (sulfide) groups is 1. The molecule has 2 N–H and O–H groups in total. The van der Waals surface area contributed by atoms with Gasteiger partial charge in [0.05, 0.1) is 5.69 Å². The van der Waals surface area contributed by atoms with E-state index >= 15 is 0 Å². The molecule has 2 aromatic rings. The molecular formula is C11H13N5OS2. The third-order valence-electron chi connectivity index (χ3n) is 2.39. The molecule has 0 bridgehead atoms. The van der Waals surface area contributed by atoms with Crippen LogP contribution in [0.25, 0.3) is 5.69 Å². The Morgan fingerprint density at radius 3 is 3.11 bits per heavy atom. The zero-order chi connectivity index (χ0) is 13.7. The number of nitrogens with zero attached hydrogens (tertiary/aromatic N) is 3. The highest BCUT2D eigenvalue weighted by atomic mass is 32.2. The van der Waals surface area contributed by atoms with Crippen LogP contribution in [-0.4, -0.2) is 38.1 Å². The van der Waals surface area contributed by atoms with Gasteiger partial charge < -0.3 is 5.32 Å². The Hall–Kier alpha value is -1.67. The van der Waals surface area contributed by atoms with Crippen molar-refractivity contribution < 1.29 is 4.79 Å². The third-order valence-corrected chi connectivity index (χ3v) is 3.27. The molecule has 0 aliphatic rings. The topological polar surface area (TPSA) is 75.6 Å². The maximum atomic E-state index is 11.7. The Kier molecular flexibility index (Phi) is 4.69. The minimum Gasteiger partial charge on any atom is -0.326 e. The van der Waals surface area contributed by atoms with Crippen molar-refractivity contribution >= 4 is 35.6 Å². The molecule has 0 saturated heterocycles. The summed E-state index contributed by atoms with van der Waals surface area (Å²) >= 11 is 6.67. The van der Waals surface area contributed by atoms with Crippen LogP contribution in [0.2, 0.25) is 0 Å². The van der Waals surface area contributed by atoms with Crippen molar-refractivity contribution in [1.82, 2.24) is 20.2 Å². The number of benzene rings is 1. The number of tetrazole rings is 1. The Bertz CT molecular complexity index is 621. The maximum absolute atomic E-state index is 11.7. The van der Waals surface area contributed by atoms with Crippen molar-refractivity contribution in [3.8, 4) is 5.69 Å². The summed E-state index contributed by atoms with van der Waals surface area (Å²) in [6, 6.07) is 7.33. The van der Waals surface area contributed by atoms with Gasteiger partial charge in [-0.3, -0.25) is 4.79 Å². The van der Waals surface area contributed by atoms with Gasteiger partial charge in [-0.25, -0.2) is 4.68 Å². The number of anilines is 1. The molecule has 0 radical (unpaired) electrons. The summed E-state index contributed by atoms with van der Waals surface area (Å²) in [5.41, 5.74) is 1.50. The molecule has 2 rings (SSSR count). The molecule has 1 aromatic carbocycles. The second-order valence-corrected chi connectivity index (χ2v) is 5.11. The molecule has 1 aromatic heterocycles. The summed E-state index contributed by atoms with van der Waals surface area (Å²) in [5.74, 6) is 0.805. The van der Waals surface area contributed by atoms with Gasteiger partial charge in [-0.15, -0.1) is 0 Å². The SMILES string of the molecule is CSCCC(=O)Nc1cccc(-n2[nH]nnc2=S)c1. The van der Waals surface area contributed by atoms with Gasteiger partial charge in [0, 0.05) is 17.9 Å². The summed E-state index contributed by atoms with van der Waals surface area (Å²) in [4.78, 5) is 11.7. The van der Waals surface area contributed by atoms with Crippen LogP contribution < -0.4 is 5.32 Å². The molecule has 8 heteroatoms. The zero-order valence-corrected chi connectivity index (χ0v) is 11.9. The number of nitrogens with one attached hydrogen (secondary N) is 2. The van der Waals surface area contributed by atoms with E-state index in [1.54, 1.807) is 16.4 Å². The number of hydrogen-bond donors (Lipinski definition) is 2. The van der Waals surface area contributed by atoms with Gasteiger partial charge in [-0.2, -0.15) is 17.0 Å². The fourth-order valence-corrected chi connectivity index (χ4v) is 2.08. The quantitative estimate of drug-likeness (QED) is 0.825. The third kappa shape index (κ3) is 3.65. The van der Waals surface area contributed by atoms with Crippen LogP contribution in [-0.2, 0) is 4.79 Å². The van der Waals surface area contributed by atoms with E-state index in [1.165, 1.54) is 0 Å². The number of aromatic amines is 1. The molecule has 0 spiro atoms. The average Bonchev–Trinajstić information content (AvgIpc) is 2.83. The molecule has 1 heterocycles. The first kappa shape index (κ1) is 13.8. The average molecular weight is 295 g/mol. The summed E-state index contributed by atoms with van der Waals surface area (Å²) in [7, 11) is 0. The predicted molar refractivity (Wildman–Crippen MR) is 78.2 cm³/mol. The van der Waals surface area contributed by atoms with Crippen LogP contribution in [0.15, 0.2) is 24.3 Å². The molecule has 0 fully saturated rings. The van der Waals surface area contributed by atoms with Gasteiger partial charge >= 0.3 is 0 Å². The second kappa shape index (κ2) is 6.48. The van der Waals surface area contributed by atoms with Gasteiger partial charge in [0.2, 0.25) is 10.7 Å². The lowest BCUT2D eigenvalue weighted by Gasteiger charge is -2.07. The first-order valence-electron chi connectivity index (χ1n) is 5.60. The number of carbonyl (C=O) groups is 1. The largest absolute Gasteiger partial charge is 0.326 e. The van der Waals surface area contributed by atoms with Crippen LogP contribution in [0.1, 0.15) is 6.42 Å². The summed E-state index contributed by atoms with van der Waals surface area (Å²) in [6.07, 6.45) is 2.47. The first-order chi connectivity index (χ1) is 9.20. The van der Waals surface area contributed by atoms with Gasteiger partial charge in [0.25, 0.3) is 0 Å². The highest BCUT2D eigenvalue weighted by Gasteiger charge is 2.04. The lowest BCUT2D eigenvalue weighted by molar-refractivity contribution is -0.115. The molecular weight excluding hydrogens is 282 g/mol. The van der Waals surface area contributed by atoms with Crippen molar-refractivity contribution in [2.75, 3.05) is 17.3 Å². The van der Waals surface area contributed by atoms with Crippen molar-refractivity contribution in [2.45, 2.75) is 6.42 Å². The van der Waals surface area contributed by atoms with Crippen molar-refractivity contribution in [3.05, 3.63) is 29.0 Å². The van der Waals surface area contributed by atoms with E-state index in [9.17, 15) is 4.79 Å². The zero-order valence-electron chi connectivity index (χ0n) is 10.3.